The Morgan fingerprint density at radius 3 is 2.31 bits per heavy atom. The molecule has 32 heavy (non-hydrogen) atoms. The molecule has 0 saturated carbocycles. The second-order valence-electron chi connectivity index (χ2n) is 7.29. The largest absolute Gasteiger partial charge is 0.464 e. The SMILES string of the molecule is C=CCN(CC(=O)N(Cc1ccc(F)cc1)Cc1ccc(C)o1)S(=O)(=O)c1ccccc1. The van der Waals surface area contributed by atoms with Crippen molar-refractivity contribution in [2.45, 2.75) is 24.9 Å². The van der Waals surface area contributed by atoms with E-state index in [0.717, 1.165) is 4.31 Å². The van der Waals surface area contributed by atoms with Crippen molar-refractivity contribution in [3.63, 3.8) is 0 Å². The highest BCUT2D eigenvalue weighted by molar-refractivity contribution is 7.89. The van der Waals surface area contributed by atoms with E-state index in [1.165, 1.54) is 35.2 Å². The van der Waals surface area contributed by atoms with E-state index < -0.39 is 15.9 Å². The summed E-state index contributed by atoms with van der Waals surface area (Å²) in [6, 6.07) is 17.3. The maximum atomic E-state index is 13.3. The van der Waals surface area contributed by atoms with Gasteiger partial charge in [-0.1, -0.05) is 36.4 Å². The summed E-state index contributed by atoms with van der Waals surface area (Å²) in [5.74, 6) is 0.484. The Kier molecular flexibility index (Phi) is 7.61. The van der Waals surface area contributed by atoms with Gasteiger partial charge in [0.2, 0.25) is 15.9 Å². The van der Waals surface area contributed by atoms with Crippen molar-refractivity contribution >= 4 is 15.9 Å². The molecule has 0 aliphatic carbocycles. The number of carbonyl (C=O) groups excluding carboxylic acids is 1. The fraction of sp³-hybridized carbons (Fsp3) is 0.208. The summed E-state index contributed by atoms with van der Waals surface area (Å²) in [6.45, 7) is 5.36. The first-order valence-corrected chi connectivity index (χ1v) is 11.5. The third-order valence-electron chi connectivity index (χ3n) is 4.81. The van der Waals surface area contributed by atoms with Crippen LogP contribution in [0.3, 0.4) is 0 Å². The van der Waals surface area contributed by atoms with Crippen molar-refractivity contribution in [1.29, 1.82) is 0 Å². The molecule has 0 saturated heterocycles. The van der Waals surface area contributed by atoms with E-state index in [-0.39, 0.29) is 36.9 Å². The third kappa shape index (κ3) is 5.93. The standard InChI is InChI=1S/C24H25FN2O4S/c1-3-15-27(32(29,30)23-7-5-4-6-8-23)18-24(28)26(17-22-14-9-19(2)31-22)16-20-10-12-21(25)13-11-20/h3-14H,1,15-18H2,2H3. The summed E-state index contributed by atoms with van der Waals surface area (Å²) in [5, 5.41) is 0. The van der Waals surface area contributed by atoms with Crippen molar-refractivity contribution in [2.24, 2.45) is 0 Å². The van der Waals surface area contributed by atoms with Gasteiger partial charge in [-0.15, -0.1) is 6.58 Å². The van der Waals surface area contributed by atoms with E-state index >= 15 is 0 Å². The van der Waals surface area contributed by atoms with E-state index in [0.29, 0.717) is 17.1 Å². The Bertz CT molecular complexity index is 1160. The molecule has 0 atom stereocenters. The molecule has 0 aliphatic rings. The lowest BCUT2D eigenvalue weighted by Gasteiger charge is -2.26. The quantitative estimate of drug-likeness (QED) is 0.430. The van der Waals surface area contributed by atoms with Crippen LogP contribution in [0.4, 0.5) is 4.39 Å². The minimum atomic E-state index is -3.90. The normalized spacial score (nSPS) is 11.5. The molecule has 0 fully saturated rings. The fourth-order valence-electron chi connectivity index (χ4n) is 3.18. The molecule has 1 heterocycles. The summed E-state index contributed by atoms with van der Waals surface area (Å²) in [6.07, 6.45) is 1.44. The van der Waals surface area contributed by atoms with Gasteiger partial charge in [0.1, 0.15) is 17.3 Å². The van der Waals surface area contributed by atoms with Crippen LogP contribution >= 0.6 is 0 Å². The average Bonchev–Trinajstić information content (AvgIpc) is 3.19. The maximum absolute atomic E-state index is 13.3. The van der Waals surface area contributed by atoms with Crippen LogP contribution in [0.15, 0.2) is 88.7 Å². The molecule has 3 rings (SSSR count). The van der Waals surface area contributed by atoms with E-state index in [9.17, 15) is 17.6 Å². The Morgan fingerprint density at radius 1 is 1.03 bits per heavy atom. The molecule has 0 aliphatic heterocycles. The first-order valence-electron chi connectivity index (χ1n) is 10.0. The molecule has 168 valence electrons. The maximum Gasteiger partial charge on any atom is 0.243 e. The monoisotopic (exact) mass is 456 g/mol. The number of amides is 1. The van der Waals surface area contributed by atoms with Gasteiger partial charge in [-0.2, -0.15) is 4.31 Å². The lowest BCUT2D eigenvalue weighted by molar-refractivity contribution is -0.132. The summed E-state index contributed by atoms with van der Waals surface area (Å²) in [5.41, 5.74) is 0.712. The summed E-state index contributed by atoms with van der Waals surface area (Å²) < 4.78 is 46.2. The molecule has 3 aromatic rings. The molecule has 1 aromatic heterocycles. The molecule has 0 spiro atoms. The predicted molar refractivity (Wildman–Crippen MR) is 119 cm³/mol. The number of aryl methyl sites for hydroxylation is 1. The minimum absolute atomic E-state index is 0.0206. The van der Waals surface area contributed by atoms with Crippen LogP contribution in [0.1, 0.15) is 17.1 Å². The minimum Gasteiger partial charge on any atom is -0.464 e. The lowest BCUT2D eigenvalue weighted by Crippen LogP contribution is -2.42. The predicted octanol–water partition coefficient (Wildman–Crippen LogP) is 4.13. The Labute approximate surface area is 187 Å². The van der Waals surface area contributed by atoms with Crippen LogP contribution in [-0.2, 0) is 27.9 Å². The third-order valence-corrected chi connectivity index (χ3v) is 6.63. The van der Waals surface area contributed by atoms with Gasteiger partial charge in [0.05, 0.1) is 18.0 Å². The Balaban J connectivity index is 1.85. The van der Waals surface area contributed by atoms with Gasteiger partial charge >= 0.3 is 0 Å². The summed E-state index contributed by atoms with van der Waals surface area (Å²) in [7, 11) is -3.90. The average molecular weight is 457 g/mol. The first kappa shape index (κ1) is 23.4. The van der Waals surface area contributed by atoms with Gasteiger partial charge in [-0.3, -0.25) is 4.79 Å². The Hall–Kier alpha value is -3.23. The van der Waals surface area contributed by atoms with Crippen molar-refractivity contribution in [3.05, 3.63) is 102 Å². The van der Waals surface area contributed by atoms with Crippen LogP contribution in [-0.4, -0.2) is 36.6 Å². The van der Waals surface area contributed by atoms with Crippen molar-refractivity contribution in [2.75, 3.05) is 13.1 Å². The number of hydrogen-bond acceptors (Lipinski definition) is 4. The van der Waals surface area contributed by atoms with Crippen LogP contribution < -0.4 is 0 Å². The number of rotatable bonds is 10. The highest BCUT2D eigenvalue weighted by atomic mass is 32.2. The van der Waals surface area contributed by atoms with E-state index in [4.69, 9.17) is 4.42 Å². The second-order valence-corrected chi connectivity index (χ2v) is 9.23. The van der Waals surface area contributed by atoms with Gasteiger partial charge in [-0.05, 0) is 48.9 Å². The van der Waals surface area contributed by atoms with E-state index in [1.807, 2.05) is 0 Å². The van der Waals surface area contributed by atoms with Gasteiger partial charge < -0.3 is 9.32 Å². The number of carbonyl (C=O) groups is 1. The fourth-order valence-corrected chi connectivity index (χ4v) is 4.57. The molecular weight excluding hydrogens is 431 g/mol. The zero-order valence-corrected chi connectivity index (χ0v) is 18.6. The molecule has 2 aromatic carbocycles. The second kappa shape index (κ2) is 10.4. The zero-order valence-electron chi connectivity index (χ0n) is 17.8. The molecule has 0 N–H and O–H groups in total. The lowest BCUT2D eigenvalue weighted by atomic mass is 10.2. The number of hydrogen-bond donors (Lipinski definition) is 0. The molecular formula is C24H25FN2O4S. The van der Waals surface area contributed by atoms with Crippen LogP contribution in [0.25, 0.3) is 0 Å². The number of benzene rings is 2. The number of halogens is 1. The number of furan rings is 1. The van der Waals surface area contributed by atoms with Gasteiger partial charge in [-0.25, -0.2) is 12.8 Å². The number of sulfonamides is 1. The van der Waals surface area contributed by atoms with Crippen molar-refractivity contribution in [3.8, 4) is 0 Å². The van der Waals surface area contributed by atoms with Crippen LogP contribution in [0.5, 0.6) is 0 Å². The molecule has 0 bridgehead atoms. The summed E-state index contributed by atoms with van der Waals surface area (Å²) in [4.78, 5) is 14.8. The molecule has 0 radical (unpaired) electrons. The van der Waals surface area contributed by atoms with Gasteiger partial charge in [0.15, 0.2) is 0 Å². The highest BCUT2D eigenvalue weighted by Crippen LogP contribution is 2.18. The van der Waals surface area contributed by atoms with E-state index in [1.54, 1.807) is 49.4 Å². The van der Waals surface area contributed by atoms with E-state index in [2.05, 4.69) is 6.58 Å². The van der Waals surface area contributed by atoms with Crippen LogP contribution in [0.2, 0.25) is 0 Å². The highest BCUT2D eigenvalue weighted by Gasteiger charge is 2.28. The Morgan fingerprint density at radius 2 is 1.72 bits per heavy atom. The first-order chi connectivity index (χ1) is 15.3. The zero-order chi connectivity index (χ0) is 23.1. The molecule has 6 nitrogen and oxygen atoms in total. The van der Waals surface area contributed by atoms with Gasteiger partial charge in [0, 0.05) is 13.1 Å². The molecule has 8 heteroatoms. The summed E-state index contributed by atoms with van der Waals surface area (Å²) >= 11 is 0. The van der Waals surface area contributed by atoms with Gasteiger partial charge in [0.25, 0.3) is 0 Å². The topological polar surface area (TPSA) is 70.8 Å². The van der Waals surface area contributed by atoms with Crippen molar-refractivity contribution < 1.29 is 22.0 Å². The molecule has 0 unspecified atom stereocenters. The molecule has 1 amide bonds. The van der Waals surface area contributed by atoms with Crippen molar-refractivity contribution in [1.82, 2.24) is 9.21 Å². The van der Waals surface area contributed by atoms with Crippen LogP contribution in [0, 0.1) is 12.7 Å². The number of nitrogens with zero attached hydrogens (tertiary/aromatic N) is 2. The smallest absolute Gasteiger partial charge is 0.243 e.